The van der Waals surface area contributed by atoms with Crippen molar-refractivity contribution in [3.63, 3.8) is 0 Å². The van der Waals surface area contributed by atoms with Gasteiger partial charge in [0.25, 0.3) is 11.2 Å². The molecule has 0 fully saturated rings. The maximum absolute atomic E-state index is 12.7. The van der Waals surface area contributed by atoms with Crippen molar-refractivity contribution in [1.29, 1.82) is 0 Å². The number of aromatic nitrogens is 3. The van der Waals surface area contributed by atoms with Crippen molar-refractivity contribution in [2.75, 3.05) is 5.32 Å². The molecule has 0 amide bonds. The van der Waals surface area contributed by atoms with Gasteiger partial charge in [-0.1, -0.05) is 35.9 Å². The summed E-state index contributed by atoms with van der Waals surface area (Å²) < 4.78 is 0. The number of fused-ring (bicyclic) bond motifs is 1. The summed E-state index contributed by atoms with van der Waals surface area (Å²) in [5.74, 6) is 0.189. The van der Waals surface area contributed by atoms with Crippen LogP contribution in [0.15, 0.2) is 65.6 Å². The zero-order valence-corrected chi connectivity index (χ0v) is 15.0. The molecule has 4 rings (SSSR count). The minimum Gasteiger partial charge on any atom is -0.324 e. The van der Waals surface area contributed by atoms with Gasteiger partial charge in [-0.15, -0.1) is 0 Å². The van der Waals surface area contributed by atoms with Gasteiger partial charge in [0.1, 0.15) is 0 Å². The molecule has 0 saturated carbocycles. The molecule has 28 heavy (non-hydrogen) atoms. The molecule has 0 radical (unpaired) electrons. The Morgan fingerprint density at radius 2 is 1.93 bits per heavy atom. The molecule has 0 aliphatic heterocycles. The number of nitrogens with one attached hydrogen (secondary N) is 2. The van der Waals surface area contributed by atoms with Crippen molar-refractivity contribution in [1.82, 2.24) is 15.0 Å². The summed E-state index contributed by atoms with van der Waals surface area (Å²) >= 11 is 6.12. The first kappa shape index (κ1) is 17.6. The van der Waals surface area contributed by atoms with Crippen molar-refractivity contribution in [2.24, 2.45) is 0 Å². The minimum absolute atomic E-state index is 0.0659. The highest BCUT2D eigenvalue weighted by atomic mass is 35.5. The van der Waals surface area contributed by atoms with E-state index in [4.69, 9.17) is 11.6 Å². The van der Waals surface area contributed by atoms with E-state index in [9.17, 15) is 14.9 Å². The van der Waals surface area contributed by atoms with Crippen LogP contribution >= 0.6 is 11.6 Å². The Morgan fingerprint density at radius 3 is 2.71 bits per heavy atom. The van der Waals surface area contributed by atoms with E-state index in [1.165, 1.54) is 18.3 Å². The van der Waals surface area contributed by atoms with Gasteiger partial charge in [-0.2, -0.15) is 4.98 Å². The summed E-state index contributed by atoms with van der Waals surface area (Å²) in [5.41, 5.74) is 1.34. The molecule has 0 aliphatic carbocycles. The molecule has 8 nitrogen and oxygen atoms in total. The van der Waals surface area contributed by atoms with Crippen molar-refractivity contribution < 1.29 is 4.92 Å². The number of anilines is 2. The smallest absolute Gasteiger partial charge is 0.270 e. The Balaban J connectivity index is 1.83. The third-order valence-corrected chi connectivity index (χ3v) is 4.43. The molecule has 9 heteroatoms. The zero-order valence-electron chi connectivity index (χ0n) is 14.2. The highest BCUT2D eigenvalue weighted by Gasteiger charge is 2.14. The van der Waals surface area contributed by atoms with Crippen LogP contribution in [0.3, 0.4) is 0 Å². The number of halogens is 1. The lowest BCUT2D eigenvalue weighted by Gasteiger charge is -2.09. The van der Waals surface area contributed by atoms with Gasteiger partial charge >= 0.3 is 0 Å². The van der Waals surface area contributed by atoms with Gasteiger partial charge in [0.15, 0.2) is 5.65 Å². The van der Waals surface area contributed by atoms with Crippen LogP contribution in [0.5, 0.6) is 0 Å². The van der Waals surface area contributed by atoms with Gasteiger partial charge in [-0.25, -0.2) is 4.98 Å². The number of aromatic amines is 1. The van der Waals surface area contributed by atoms with E-state index in [-0.39, 0.29) is 22.7 Å². The molecule has 0 bridgehead atoms. The molecule has 138 valence electrons. The van der Waals surface area contributed by atoms with Gasteiger partial charge in [-0.3, -0.25) is 19.9 Å². The molecule has 0 spiro atoms. The monoisotopic (exact) mass is 393 g/mol. The van der Waals surface area contributed by atoms with Crippen molar-refractivity contribution in [2.45, 2.75) is 0 Å². The van der Waals surface area contributed by atoms with Crippen LogP contribution in [0.2, 0.25) is 5.02 Å². The lowest BCUT2D eigenvalue weighted by atomic mass is 10.0. The fraction of sp³-hybridized carbons (Fsp3) is 0. The standard InChI is InChI=1S/C19H12ClN5O3/c20-14-6-1-2-7-15(14)22-19-23-17-16(18(26)24-19)13(8-9-21-17)11-4-3-5-12(10-11)25(27)28/h1-10H,(H2,21,22,23,24,26). The number of H-pyrrole nitrogens is 1. The number of para-hydroxylation sites is 1. The van der Waals surface area contributed by atoms with Crippen LogP contribution in [0.25, 0.3) is 22.2 Å². The first-order valence-electron chi connectivity index (χ1n) is 8.18. The fourth-order valence-electron chi connectivity index (χ4n) is 2.84. The molecule has 2 N–H and O–H groups in total. The van der Waals surface area contributed by atoms with E-state index in [1.807, 2.05) is 0 Å². The van der Waals surface area contributed by atoms with Crippen LogP contribution in [-0.4, -0.2) is 19.9 Å². The highest BCUT2D eigenvalue weighted by Crippen LogP contribution is 2.28. The number of rotatable bonds is 4. The second-order valence-corrected chi connectivity index (χ2v) is 6.29. The predicted octanol–water partition coefficient (Wildman–Crippen LogP) is 4.29. The number of nitro benzene ring substituents is 1. The Hall–Kier alpha value is -3.78. The summed E-state index contributed by atoms with van der Waals surface area (Å²) in [6.07, 6.45) is 1.50. The third-order valence-electron chi connectivity index (χ3n) is 4.10. The lowest BCUT2D eigenvalue weighted by molar-refractivity contribution is -0.384. The Kier molecular flexibility index (Phi) is 4.46. The van der Waals surface area contributed by atoms with Gasteiger partial charge in [0.2, 0.25) is 5.95 Å². The molecule has 0 aliphatic rings. The number of nitro groups is 1. The molecule has 0 unspecified atom stereocenters. The molecular formula is C19H12ClN5O3. The summed E-state index contributed by atoms with van der Waals surface area (Å²) in [6, 6.07) is 14.7. The number of nitrogens with zero attached hydrogens (tertiary/aromatic N) is 3. The Bertz CT molecular complexity index is 1270. The fourth-order valence-corrected chi connectivity index (χ4v) is 3.02. The van der Waals surface area contributed by atoms with Crippen LogP contribution < -0.4 is 10.9 Å². The van der Waals surface area contributed by atoms with Crippen molar-refractivity contribution in [3.8, 4) is 11.1 Å². The van der Waals surface area contributed by atoms with Crippen LogP contribution in [-0.2, 0) is 0 Å². The maximum atomic E-state index is 12.7. The van der Waals surface area contributed by atoms with Gasteiger partial charge in [0, 0.05) is 23.9 Å². The first-order valence-corrected chi connectivity index (χ1v) is 8.56. The van der Waals surface area contributed by atoms with Crippen LogP contribution in [0.1, 0.15) is 0 Å². The van der Waals surface area contributed by atoms with Gasteiger partial charge in [-0.05, 0) is 23.8 Å². The van der Waals surface area contributed by atoms with Crippen molar-refractivity contribution >= 4 is 40.0 Å². The van der Waals surface area contributed by atoms with Gasteiger partial charge < -0.3 is 5.32 Å². The van der Waals surface area contributed by atoms with E-state index in [2.05, 4.69) is 20.3 Å². The molecule has 2 aromatic carbocycles. The van der Waals surface area contributed by atoms with Crippen LogP contribution in [0, 0.1) is 10.1 Å². The quantitative estimate of drug-likeness (QED) is 0.395. The molecule has 2 heterocycles. The van der Waals surface area contributed by atoms with Gasteiger partial charge in [0.05, 0.1) is 21.0 Å². The molecule has 0 saturated heterocycles. The van der Waals surface area contributed by atoms with Crippen LogP contribution in [0.4, 0.5) is 17.3 Å². The highest BCUT2D eigenvalue weighted by molar-refractivity contribution is 6.33. The second-order valence-electron chi connectivity index (χ2n) is 5.88. The second kappa shape index (κ2) is 7.09. The lowest BCUT2D eigenvalue weighted by Crippen LogP contribution is -2.13. The number of non-ortho nitro benzene ring substituents is 1. The van der Waals surface area contributed by atoms with E-state index in [0.717, 1.165) is 0 Å². The largest absolute Gasteiger partial charge is 0.324 e. The molecule has 4 aromatic rings. The number of hydrogen-bond donors (Lipinski definition) is 2. The molecule has 0 atom stereocenters. The summed E-state index contributed by atoms with van der Waals surface area (Å²) in [7, 11) is 0. The summed E-state index contributed by atoms with van der Waals surface area (Å²) in [4.78, 5) is 34.5. The number of pyridine rings is 1. The Morgan fingerprint density at radius 1 is 1.11 bits per heavy atom. The summed E-state index contributed by atoms with van der Waals surface area (Å²) in [6.45, 7) is 0. The summed E-state index contributed by atoms with van der Waals surface area (Å²) in [5, 5.41) is 14.7. The number of hydrogen-bond acceptors (Lipinski definition) is 6. The zero-order chi connectivity index (χ0) is 19.7. The third kappa shape index (κ3) is 3.28. The number of benzene rings is 2. The van der Waals surface area contributed by atoms with E-state index >= 15 is 0 Å². The minimum atomic E-state index is -0.485. The normalized spacial score (nSPS) is 10.8. The predicted molar refractivity (Wildman–Crippen MR) is 107 cm³/mol. The first-order chi connectivity index (χ1) is 13.5. The average molecular weight is 394 g/mol. The SMILES string of the molecule is O=c1[nH]c(Nc2ccccc2Cl)nc2nccc(-c3cccc([N+](=O)[O-])c3)c12. The van der Waals surface area contributed by atoms with E-state index in [1.54, 1.807) is 42.5 Å². The topological polar surface area (TPSA) is 114 Å². The molecule has 2 aromatic heterocycles. The molecular weight excluding hydrogens is 382 g/mol. The Labute approximate surface area is 163 Å². The van der Waals surface area contributed by atoms with E-state index in [0.29, 0.717) is 21.8 Å². The van der Waals surface area contributed by atoms with E-state index < -0.39 is 10.5 Å². The maximum Gasteiger partial charge on any atom is 0.270 e. The average Bonchev–Trinajstić information content (AvgIpc) is 2.69. The van der Waals surface area contributed by atoms with Crippen molar-refractivity contribution in [3.05, 3.63) is 86.3 Å².